The fourth-order valence-corrected chi connectivity index (χ4v) is 3.30. The Labute approximate surface area is 173 Å². The van der Waals surface area contributed by atoms with Crippen LogP contribution in [0.15, 0.2) is 58.2 Å². The summed E-state index contributed by atoms with van der Waals surface area (Å²) in [5.74, 6) is -0.601. The Morgan fingerprint density at radius 3 is 2.43 bits per heavy atom. The molecule has 2 heterocycles. The first-order chi connectivity index (χ1) is 14.1. The fraction of sp³-hybridized carbons (Fsp3) is 0.208. The standard InChI is InChI=1S/C24H25N3O3/c1-7-24(5,6)21-17(16-10-8-9-11-18(16)25-21)13-19-23(30)27(15(4)22(29)26-19)20(28)12-14(2)3/h7-13,25H,1,4H2,2-3,5-6H3,(H,26,29)/b19-13-. The zero-order chi connectivity index (χ0) is 22.2. The first-order valence-corrected chi connectivity index (χ1v) is 9.57. The van der Waals surface area contributed by atoms with E-state index in [1.807, 2.05) is 44.2 Å². The smallest absolute Gasteiger partial charge is 0.282 e. The van der Waals surface area contributed by atoms with E-state index in [-0.39, 0.29) is 10.7 Å². The average Bonchev–Trinajstić information content (AvgIpc) is 3.05. The van der Waals surface area contributed by atoms with Crippen LogP contribution in [0.5, 0.6) is 0 Å². The number of fused-ring (bicyclic) bond motifs is 1. The molecule has 0 unspecified atom stereocenters. The Bertz CT molecular complexity index is 1430. The number of allylic oxidation sites excluding steroid dienone is 3. The van der Waals surface area contributed by atoms with Gasteiger partial charge < -0.3 is 9.97 Å². The van der Waals surface area contributed by atoms with E-state index in [0.717, 1.165) is 26.7 Å². The Hall–Kier alpha value is -3.67. The minimum atomic E-state index is -0.630. The summed E-state index contributed by atoms with van der Waals surface area (Å²) in [5, 5.41) is 0.697. The van der Waals surface area contributed by atoms with Crippen molar-refractivity contribution in [2.24, 2.45) is 0 Å². The van der Waals surface area contributed by atoms with Crippen molar-refractivity contribution in [2.45, 2.75) is 33.1 Å². The van der Waals surface area contributed by atoms with Gasteiger partial charge in [-0.2, -0.15) is 0 Å². The maximum Gasteiger partial charge on any atom is 0.282 e. The molecule has 154 valence electrons. The highest BCUT2D eigenvalue weighted by Crippen LogP contribution is 2.32. The summed E-state index contributed by atoms with van der Waals surface area (Å²) in [6.45, 7) is 15.0. The van der Waals surface area contributed by atoms with Crippen molar-refractivity contribution >= 4 is 29.5 Å². The number of H-pyrrole nitrogens is 2. The van der Waals surface area contributed by atoms with Gasteiger partial charge in [0.2, 0.25) is 0 Å². The maximum absolute atomic E-state index is 13.1. The predicted octanol–water partition coefficient (Wildman–Crippen LogP) is 2.33. The number of carbonyl (C=O) groups excluding carboxylic acids is 1. The number of aromatic nitrogens is 3. The molecule has 0 atom stereocenters. The molecule has 0 saturated heterocycles. The van der Waals surface area contributed by atoms with E-state index in [1.165, 1.54) is 6.08 Å². The molecule has 1 aromatic carbocycles. The summed E-state index contributed by atoms with van der Waals surface area (Å²) >= 11 is 0. The number of para-hydroxylation sites is 1. The Morgan fingerprint density at radius 2 is 1.80 bits per heavy atom. The lowest BCUT2D eigenvalue weighted by Crippen LogP contribution is -2.54. The molecule has 3 rings (SSSR count). The minimum absolute atomic E-state index is 0.00812. The number of aromatic amines is 2. The minimum Gasteiger partial charge on any atom is -0.357 e. The maximum atomic E-state index is 13.1. The lowest BCUT2D eigenvalue weighted by molar-refractivity contribution is 0.0959. The highest BCUT2D eigenvalue weighted by atomic mass is 16.2. The molecule has 0 amide bonds. The zero-order valence-electron chi connectivity index (χ0n) is 17.6. The van der Waals surface area contributed by atoms with E-state index in [0.29, 0.717) is 5.57 Å². The summed E-state index contributed by atoms with van der Waals surface area (Å²) in [6, 6.07) is 7.68. The number of nitrogens with zero attached hydrogens (tertiary/aromatic N) is 1. The van der Waals surface area contributed by atoms with Gasteiger partial charge in [0.1, 0.15) is 10.7 Å². The van der Waals surface area contributed by atoms with E-state index in [9.17, 15) is 14.4 Å². The lowest BCUT2D eigenvalue weighted by atomic mass is 9.86. The second kappa shape index (κ2) is 7.63. The van der Waals surface area contributed by atoms with E-state index < -0.39 is 22.4 Å². The Kier molecular flexibility index (Phi) is 5.35. The molecule has 0 aliphatic carbocycles. The molecule has 0 bridgehead atoms. The average molecular weight is 403 g/mol. The van der Waals surface area contributed by atoms with Crippen molar-refractivity contribution < 1.29 is 4.79 Å². The van der Waals surface area contributed by atoms with Crippen LogP contribution in [-0.4, -0.2) is 20.4 Å². The number of hydrogen-bond donors (Lipinski definition) is 2. The summed E-state index contributed by atoms with van der Waals surface area (Å²) in [7, 11) is 0. The van der Waals surface area contributed by atoms with Crippen LogP contribution in [-0.2, 0) is 5.41 Å². The Balaban J connectivity index is 2.44. The van der Waals surface area contributed by atoms with Gasteiger partial charge in [-0.25, -0.2) is 4.57 Å². The highest BCUT2D eigenvalue weighted by Gasteiger charge is 2.23. The van der Waals surface area contributed by atoms with Crippen LogP contribution in [0, 0.1) is 0 Å². The third-order valence-electron chi connectivity index (χ3n) is 5.04. The van der Waals surface area contributed by atoms with Crippen molar-refractivity contribution in [3.05, 3.63) is 91.2 Å². The molecule has 0 aliphatic heterocycles. The van der Waals surface area contributed by atoms with Crippen molar-refractivity contribution in [3.8, 4) is 0 Å². The van der Waals surface area contributed by atoms with Gasteiger partial charge in [0.15, 0.2) is 0 Å². The first-order valence-electron chi connectivity index (χ1n) is 9.57. The van der Waals surface area contributed by atoms with E-state index in [2.05, 4.69) is 23.1 Å². The zero-order valence-corrected chi connectivity index (χ0v) is 17.6. The van der Waals surface area contributed by atoms with Crippen molar-refractivity contribution in [2.75, 3.05) is 0 Å². The van der Waals surface area contributed by atoms with E-state index in [1.54, 1.807) is 19.9 Å². The number of hydrogen-bond acceptors (Lipinski definition) is 3. The second-order valence-electron chi connectivity index (χ2n) is 8.04. The molecule has 2 N–H and O–H groups in total. The van der Waals surface area contributed by atoms with Gasteiger partial charge in [0, 0.05) is 33.7 Å². The second-order valence-corrected chi connectivity index (χ2v) is 8.04. The van der Waals surface area contributed by atoms with E-state index in [4.69, 9.17) is 0 Å². The van der Waals surface area contributed by atoms with Crippen LogP contribution in [0.1, 0.15) is 43.7 Å². The number of carbonyl (C=O) groups is 1. The molecule has 6 heteroatoms. The molecule has 6 nitrogen and oxygen atoms in total. The number of rotatable bonds is 4. The molecule has 0 aliphatic rings. The lowest BCUT2D eigenvalue weighted by Gasteiger charge is -2.19. The normalized spacial score (nSPS) is 12.2. The summed E-state index contributed by atoms with van der Waals surface area (Å²) in [4.78, 5) is 44.1. The molecule has 3 aromatic rings. The summed E-state index contributed by atoms with van der Waals surface area (Å²) < 4.78 is 0.810. The summed E-state index contributed by atoms with van der Waals surface area (Å²) in [5.41, 5.74) is 1.56. The summed E-state index contributed by atoms with van der Waals surface area (Å²) in [6.07, 6.45) is 4.72. The van der Waals surface area contributed by atoms with Crippen LogP contribution in [0.4, 0.5) is 0 Å². The predicted molar refractivity (Wildman–Crippen MR) is 121 cm³/mol. The van der Waals surface area contributed by atoms with Crippen LogP contribution in [0.25, 0.3) is 23.6 Å². The van der Waals surface area contributed by atoms with Crippen LogP contribution < -0.4 is 21.8 Å². The molecule has 30 heavy (non-hydrogen) atoms. The highest BCUT2D eigenvalue weighted by molar-refractivity contribution is 5.92. The molecule has 0 saturated carbocycles. The van der Waals surface area contributed by atoms with Crippen molar-refractivity contribution in [1.82, 2.24) is 14.5 Å². The molecule has 2 aromatic heterocycles. The third kappa shape index (κ3) is 3.64. The van der Waals surface area contributed by atoms with Gasteiger partial charge in [-0.1, -0.05) is 50.3 Å². The molecule has 0 spiro atoms. The van der Waals surface area contributed by atoms with Crippen molar-refractivity contribution in [3.63, 3.8) is 0 Å². The van der Waals surface area contributed by atoms with Gasteiger partial charge >= 0.3 is 0 Å². The van der Waals surface area contributed by atoms with E-state index >= 15 is 0 Å². The molecular formula is C24H25N3O3. The topological polar surface area (TPSA) is 87.7 Å². The molecule has 0 radical (unpaired) electrons. The van der Waals surface area contributed by atoms with Gasteiger partial charge in [0.25, 0.3) is 17.0 Å². The van der Waals surface area contributed by atoms with Gasteiger partial charge in [0.05, 0.1) is 0 Å². The van der Waals surface area contributed by atoms with Crippen LogP contribution >= 0.6 is 0 Å². The van der Waals surface area contributed by atoms with Crippen LogP contribution in [0.2, 0.25) is 0 Å². The largest absolute Gasteiger partial charge is 0.357 e. The fourth-order valence-electron chi connectivity index (χ4n) is 3.30. The van der Waals surface area contributed by atoms with Crippen LogP contribution in [0.3, 0.4) is 0 Å². The first kappa shape index (κ1) is 21.0. The van der Waals surface area contributed by atoms with Gasteiger partial charge in [-0.15, -0.1) is 6.58 Å². The van der Waals surface area contributed by atoms with Gasteiger partial charge in [-0.3, -0.25) is 14.4 Å². The quantitative estimate of drug-likeness (QED) is 0.518. The van der Waals surface area contributed by atoms with Gasteiger partial charge in [-0.05, 0) is 26.0 Å². The molecule has 0 fully saturated rings. The number of benzene rings is 1. The Morgan fingerprint density at radius 1 is 1.13 bits per heavy atom. The third-order valence-corrected chi connectivity index (χ3v) is 5.04. The number of nitrogens with one attached hydrogen (secondary N) is 2. The van der Waals surface area contributed by atoms with Crippen molar-refractivity contribution in [1.29, 1.82) is 0 Å². The monoisotopic (exact) mass is 403 g/mol. The molecular weight excluding hydrogens is 378 g/mol. The SMILES string of the molecule is C=CC(C)(C)c1[nH]c2ccccc2c1/C=c1\[nH]c(=O)c(=C)n(C(=O)C=C(C)C)c1=O.